The summed E-state index contributed by atoms with van der Waals surface area (Å²) in [6.07, 6.45) is 5.25. The van der Waals surface area contributed by atoms with E-state index < -0.39 is 0 Å². The number of anilines is 1. The summed E-state index contributed by atoms with van der Waals surface area (Å²) in [7, 11) is 0. The van der Waals surface area contributed by atoms with Gasteiger partial charge in [-0.15, -0.1) is 0 Å². The maximum atomic E-state index is 5.74. The van der Waals surface area contributed by atoms with Crippen molar-refractivity contribution in [3.8, 4) is 0 Å². The number of piperidine rings is 1. The molecule has 0 aromatic heterocycles. The zero-order valence-corrected chi connectivity index (χ0v) is 10.2. The van der Waals surface area contributed by atoms with Crippen molar-refractivity contribution in [2.75, 3.05) is 18.8 Å². The topological polar surface area (TPSA) is 29.3 Å². The molecule has 1 heterocycles. The van der Waals surface area contributed by atoms with E-state index in [-0.39, 0.29) is 0 Å². The van der Waals surface area contributed by atoms with Crippen molar-refractivity contribution in [3.63, 3.8) is 0 Å². The summed E-state index contributed by atoms with van der Waals surface area (Å²) in [4.78, 5) is 2.62. The van der Waals surface area contributed by atoms with Crippen LogP contribution in [0, 0.1) is 0 Å². The number of nitrogen functional groups attached to an aromatic ring is 1. The van der Waals surface area contributed by atoms with Gasteiger partial charge in [0.05, 0.1) is 0 Å². The van der Waals surface area contributed by atoms with Crippen LogP contribution in [0.4, 0.5) is 5.69 Å². The van der Waals surface area contributed by atoms with Gasteiger partial charge in [-0.25, -0.2) is 0 Å². The first-order valence-electron chi connectivity index (χ1n) is 6.40. The lowest BCUT2D eigenvalue weighted by molar-refractivity contribution is 0.149. The predicted molar refractivity (Wildman–Crippen MR) is 69.3 cm³/mol. The minimum Gasteiger partial charge on any atom is -0.399 e. The number of rotatable bonds is 3. The first-order valence-corrected chi connectivity index (χ1v) is 6.40. The molecule has 1 fully saturated rings. The van der Waals surface area contributed by atoms with Crippen LogP contribution in [0.15, 0.2) is 24.3 Å². The smallest absolute Gasteiger partial charge is 0.0348 e. The van der Waals surface area contributed by atoms with Crippen LogP contribution >= 0.6 is 0 Å². The van der Waals surface area contributed by atoms with Crippen molar-refractivity contribution in [1.29, 1.82) is 0 Å². The summed E-state index contributed by atoms with van der Waals surface area (Å²) in [5.41, 5.74) is 8.03. The summed E-state index contributed by atoms with van der Waals surface area (Å²) in [6.45, 7) is 4.73. The lowest BCUT2D eigenvalue weighted by Gasteiger charge is -2.35. The SMILES string of the molecule is CCCN1CCCCC1c1ccc(N)cc1. The van der Waals surface area contributed by atoms with Gasteiger partial charge in [0.1, 0.15) is 0 Å². The highest BCUT2D eigenvalue weighted by molar-refractivity contribution is 5.40. The second kappa shape index (κ2) is 5.35. The highest BCUT2D eigenvalue weighted by atomic mass is 15.2. The molecule has 2 N–H and O–H groups in total. The second-order valence-corrected chi connectivity index (χ2v) is 4.71. The summed E-state index contributed by atoms with van der Waals surface area (Å²) in [6, 6.07) is 9.04. The van der Waals surface area contributed by atoms with Gasteiger partial charge in [-0.05, 0) is 50.0 Å². The van der Waals surface area contributed by atoms with Crippen molar-refractivity contribution in [1.82, 2.24) is 4.90 Å². The van der Waals surface area contributed by atoms with Crippen LogP contribution in [0.3, 0.4) is 0 Å². The fraction of sp³-hybridized carbons (Fsp3) is 0.571. The molecule has 1 atom stereocenters. The first-order chi connectivity index (χ1) is 7.81. The lowest BCUT2D eigenvalue weighted by atomic mass is 9.95. The molecule has 1 aliphatic heterocycles. The van der Waals surface area contributed by atoms with Gasteiger partial charge < -0.3 is 5.73 Å². The van der Waals surface area contributed by atoms with Crippen molar-refractivity contribution in [3.05, 3.63) is 29.8 Å². The van der Waals surface area contributed by atoms with E-state index in [1.165, 1.54) is 44.3 Å². The summed E-state index contributed by atoms with van der Waals surface area (Å²) < 4.78 is 0. The molecule has 0 spiro atoms. The highest BCUT2D eigenvalue weighted by Crippen LogP contribution is 2.31. The molecule has 1 saturated heterocycles. The molecule has 0 saturated carbocycles. The van der Waals surface area contributed by atoms with Crippen LogP contribution in [0.2, 0.25) is 0 Å². The summed E-state index contributed by atoms with van der Waals surface area (Å²) in [5, 5.41) is 0. The van der Waals surface area contributed by atoms with Gasteiger partial charge in [0.15, 0.2) is 0 Å². The van der Waals surface area contributed by atoms with Crippen LogP contribution in [0.1, 0.15) is 44.2 Å². The Hall–Kier alpha value is -1.02. The van der Waals surface area contributed by atoms with Crippen LogP contribution in [-0.4, -0.2) is 18.0 Å². The predicted octanol–water partition coefficient (Wildman–Crippen LogP) is 3.21. The van der Waals surface area contributed by atoms with Crippen LogP contribution in [0.5, 0.6) is 0 Å². The average Bonchev–Trinajstić information content (AvgIpc) is 2.32. The summed E-state index contributed by atoms with van der Waals surface area (Å²) >= 11 is 0. The van der Waals surface area contributed by atoms with Gasteiger partial charge in [-0.1, -0.05) is 25.5 Å². The highest BCUT2D eigenvalue weighted by Gasteiger charge is 2.22. The van der Waals surface area contributed by atoms with Crippen molar-refractivity contribution in [2.24, 2.45) is 0 Å². The van der Waals surface area contributed by atoms with Crippen molar-refractivity contribution < 1.29 is 0 Å². The minimum absolute atomic E-state index is 0.620. The largest absolute Gasteiger partial charge is 0.399 e. The van der Waals surface area contributed by atoms with E-state index in [4.69, 9.17) is 5.73 Å². The molecule has 16 heavy (non-hydrogen) atoms. The number of nitrogens with zero attached hydrogens (tertiary/aromatic N) is 1. The van der Waals surface area contributed by atoms with E-state index in [2.05, 4.69) is 24.0 Å². The van der Waals surface area contributed by atoms with E-state index in [1.807, 2.05) is 12.1 Å². The van der Waals surface area contributed by atoms with E-state index in [1.54, 1.807) is 0 Å². The Bertz CT molecular complexity index is 316. The monoisotopic (exact) mass is 218 g/mol. The minimum atomic E-state index is 0.620. The van der Waals surface area contributed by atoms with Crippen LogP contribution in [-0.2, 0) is 0 Å². The lowest BCUT2D eigenvalue weighted by Crippen LogP contribution is -2.33. The fourth-order valence-electron chi connectivity index (χ4n) is 2.64. The van der Waals surface area contributed by atoms with Crippen molar-refractivity contribution in [2.45, 2.75) is 38.6 Å². The Morgan fingerprint density at radius 2 is 2.00 bits per heavy atom. The first kappa shape index (κ1) is 11.5. The standard InChI is InChI=1S/C14H22N2/c1-2-10-16-11-4-3-5-14(16)12-6-8-13(15)9-7-12/h6-9,14H,2-5,10-11,15H2,1H3. The molecule has 88 valence electrons. The molecule has 0 bridgehead atoms. The van der Waals surface area contributed by atoms with Crippen molar-refractivity contribution >= 4 is 5.69 Å². The van der Waals surface area contributed by atoms with Gasteiger partial charge in [0, 0.05) is 11.7 Å². The molecule has 1 aliphatic rings. The van der Waals surface area contributed by atoms with E-state index in [0.29, 0.717) is 6.04 Å². The Morgan fingerprint density at radius 1 is 1.25 bits per heavy atom. The van der Waals surface area contributed by atoms with Gasteiger partial charge >= 0.3 is 0 Å². The molecule has 2 heteroatoms. The molecule has 2 rings (SSSR count). The molecule has 1 aromatic carbocycles. The molecule has 1 unspecified atom stereocenters. The number of nitrogens with two attached hydrogens (primary N) is 1. The normalized spacial score (nSPS) is 22.2. The number of benzene rings is 1. The number of hydrogen-bond acceptors (Lipinski definition) is 2. The second-order valence-electron chi connectivity index (χ2n) is 4.71. The Morgan fingerprint density at radius 3 is 2.69 bits per heavy atom. The molecule has 2 nitrogen and oxygen atoms in total. The summed E-state index contributed by atoms with van der Waals surface area (Å²) in [5.74, 6) is 0. The third kappa shape index (κ3) is 2.56. The maximum absolute atomic E-state index is 5.74. The Balaban J connectivity index is 2.13. The zero-order valence-electron chi connectivity index (χ0n) is 10.2. The number of hydrogen-bond donors (Lipinski definition) is 1. The maximum Gasteiger partial charge on any atom is 0.0348 e. The van der Waals surface area contributed by atoms with E-state index >= 15 is 0 Å². The quantitative estimate of drug-likeness (QED) is 0.789. The zero-order chi connectivity index (χ0) is 11.4. The van der Waals surface area contributed by atoms with Gasteiger partial charge in [0.2, 0.25) is 0 Å². The molecule has 0 aliphatic carbocycles. The molecular weight excluding hydrogens is 196 g/mol. The van der Waals surface area contributed by atoms with Crippen LogP contribution in [0.25, 0.3) is 0 Å². The van der Waals surface area contributed by atoms with Crippen LogP contribution < -0.4 is 5.73 Å². The molecule has 0 amide bonds. The Kier molecular flexibility index (Phi) is 3.83. The number of likely N-dealkylation sites (tertiary alicyclic amines) is 1. The molecular formula is C14H22N2. The van der Waals surface area contributed by atoms with E-state index in [9.17, 15) is 0 Å². The van der Waals surface area contributed by atoms with E-state index in [0.717, 1.165) is 5.69 Å². The van der Waals surface area contributed by atoms with Gasteiger partial charge in [0.25, 0.3) is 0 Å². The van der Waals surface area contributed by atoms with Gasteiger partial charge in [-0.2, -0.15) is 0 Å². The molecule has 0 radical (unpaired) electrons. The fourth-order valence-corrected chi connectivity index (χ4v) is 2.64. The third-order valence-corrected chi connectivity index (χ3v) is 3.45. The third-order valence-electron chi connectivity index (χ3n) is 3.45. The van der Waals surface area contributed by atoms with Gasteiger partial charge in [-0.3, -0.25) is 4.90 Å². The average molecular weight is 218 g/mol. The Labute approximate surface area is 98.4 Å². The molecule has 1 aromatic rings.